The summed E-state index contributed by atoms with van der Waals surface area (Å²) in [4.78, 5) is 30.9. The molecule has 1 atom stereocenters. The number of aromatic nitrogens is 3. The number of amides is 1. The van der Waals surface area contributed by atoms with Gasteiger partial charge in [-0.3, -0.25) is 9.78 Å². The summed E-state index contributed by atoms with van der Waals surface area (Å²) in [5.41, 5.74) is 8.01. The van der Waals surface area contributed by atoms with Crippen molar-refractivity contribution in [1.82, 2.24) is 19.9 Å². The van der Waals surface area contributed by atoms with Crippen molar-refractivity contribution < 1.29 is 9.53 Å². The van der Waals surface area contributed by atoms with E-state index in [1.165, 1.54) is 0 Å². The molecule has 5 rings (SSSR count). The van der Waals surface area contributed by atoms with Crippen LogP contribution in [-0.4, -0.2) is 77.2 Å². The molecule has 3 aromatic heterocycles. The Kier molecular flexibility index (Phi) is 7.29. The molecule has 2 saturated heterocycles. The first-order valence-electron chi connectivity index (χ1n) is 12.8. The Hall–Kier alpha value is -3.30. The Morgan fingerprint density at radius 3 is 2.64 bits per heavy atom. The van der Waals surface area contributed by atoms with Gasteiger partial charge < -0.3 is 25.6 Å². The SMILES string of the molecule is CC(C)[C@H](N)C(=O)N1CCN(c2nc(-c3ccnc(NC4CCOCC4)c3)cc3cnccc23)CC1. The molecule has 1 amide bonds. The van der Waals surface area contributed by atoms with E-state index in [1.807, 2.05) is 43.3 Å². The second-order valence-electron chi connectivity index (χ2n) is 9.97. The van der Waals surface area contributed by atoms with Crippen molar-refractivity contribution in [1.29, 1.82) is 0 Å². The van der Waals surface area contributed by atoms with Crippen LogP contribution >= 0.6 is 0 Å². The standard InChI is InChI=1S/C27H35N7O2/c1-18(2)25(28)27(35)34-11-9-33(10-12-34)26-22-4-7-29-17-20(22)15-23(32-26)19-3-8-30-24(16-19)31-21-5-13-36-14-6-21/h3-4,7-8,15-18,21,25H,5-6,9-14,28H2,1-2H3,(H,30,31)/t25-/m0/s1. The summed E-state index contributed by atoms with van der Waals surface area (Å²) >= 11 is 0. The quantitative estimate of drug-likeness (QED) is 0.544. The van der Waals surface area contributed by atoms with Crippen LogP contribution in [0.15, 0.2) is 42.9 Å². The van der Waals surface area contributed by atoms with E-state index in [1.54, 1.807) is 6.20 Å². The molecule has 5 heterocycles. The zero-order chi connectivity index (χ0) is 25.1. The van der Waals surface area contributed by atoms with Gasteiger partial charge in [-0.05, 0) is 43.0 Å². The van der Waals surface area contributed by atoms with Crippen LogP contribution in [0.25, 0.3) is 22.0 Å². The van der Waals surface area contributed by atoms with Crippen molar-refractivity contribution in [3.05, 3.63) is 42.9 Å². The molecule has 0 bridgehead atoms. The van der Waals surface area contributed by atoms with E-state index in [0.29, 0.717) is 32.2 Å². The lowest BCUT2D eigenvalue weighted by Gasteiger charge is -2.37. The first-order chi connectivity index (χ1) is 17.5. The number of nitrogens with zero attached hydrogens (tertiary/aromatic N) is 5. The van der Waals surface area contributed by atoms with Gasteiger partial charge in [0.15, 0.2) is 0 Å². The lowest BCUT2D eigenvalue weighted by atomic mass is 10.0. The molecule has 0 saturated carbocycles. The predicted octanol–water partition coefficient (Wildman–Crippen LogP) is 2.91. The van der Waals surface area contributed by atoms with E-state index in [9.17, 15) is 4.79 Å². The number of carbonyl (C=O) groups is 1. The summed E-state index contributed by atoms with van der Waals surface area (Å²) in [6, 6.07) is 8.06. The van der Waals surface area contributed by atoms with Crippen LogP contribution in [0.3, 0.4) is 0 Å². The number of ether oxygens (including phenoxy) is 1. The predicted molar refractivity (Wildman–Crippen MR) is 142 cm³/mol. The van der Waals surface area contributed by atoms with Crippen LogP contribution in [0.5, 0.6) is 0 Å². The van der Waals surface area contributed by atoms with E-state index < -0.39 is 6.04 Å². The zero-order valence-electron chi connectivity index (χ0n) is 21.1. The average Bonchev–Trinajstić information content (AvgIpc) is 2.92. The van der Waals surface area contributed by atoms with E-state index in [-0.39, 0.29) is 11.8 Å². The van der Waals surface area contributed by atoms with Crippen LogP contribution in [0.4, 0.5) is 11.6 Å². The van der Waals surface area contributed by atoms with Gasteiger partial charge in [-0.1, -0.05) is 13.8 Å². The number of nitrogens with one attached hydrogen (secondary N) is 1. The molecule has 9 nitrogen and oxygen atoms in total. The van der Waals surface area contributed by atoms with Gasteiger partial charge in [0, 0.05) is 80.4 Å². The molecule has 3 aromatic rings. The van der Waals surface area contributed by atoms with E-state index in [4.69, 9.17) is 15.5 Å². The minimum Gasteiger partial charge on any atom is -0.381 e. The topological polar surface area (TPSA) is 110 Å². The largest absolute Gasteiger partial charge is 0.381 e. The van der Waals surface area contributed by atoms with Gasteiger partial charge in [0.05, 0.1) is 11.7 Å². The number of fused-ring (bicyclic) bond motifs is 1. The third-order valence-electron chi connectivity index (χ3n) is 7.13. The number of anilines is 2. The van der Waals surface area contributed by atoms with Crippen LogP contribution in [0.2, 0.25) is 0 Å². The molecule has 190 valence electrons. The number of hydrogen-bond acceptors (Lipinski definition) is 8. The molecule has 2 aliphatic rings. The highest BCUT2D eigenvalue weighted by Crippen LogP contribution is 2.31. The first kappa shape index (κ1) is 24.4. The van der Waals surface area contributed by atoms with Crippen molar-refractivity contribution in [2.75, 3.05) is 49.6 Å². The number of carbonyl (C=O) groups excluding carboxylic acids is 1. The second-order valence-corrected chi connectivity index (χ2v) is 9.97. The van der Waals surface area contributed by atoms with Crippen molar-refractivity contribution in [2.24, 2.45) is 11.7 Å². The Morgan fingerprint density at radius 2 is 1.89 bits per heavy atom. The Bertz CT molecular complexity index is 1200. The number of rotatable bonds is 6. The van der Waals surface area contributed by atoms with Gasteiger partial charge >= 0.3 is 0 Å². The number of pyridine rings is 3. The molecule has 0 unspecified atom stereocenters. The lowest BCUT2D eigenvalue weighted by Crippen LogP contribution is -2.54. The maximum absolute atomic E-state index is 12.7. The van der Waals surface area contributed by atoms with Gasteiger partial charge in [-0.2, -0.15) is 0 Å². The summed E-state index contributed by atoms with van der Waals surface area (Å²) in [6.45, 7) is 8.20. The fraction of sp³-hybridized carbons (Fsp3) is 0.481. The molecule has 3 N–H and O–H groups in total. The normalized spacial score (nSPS) is 18.0. The molecule has 9 heteroatoms. The summed E-state index contributed by atoms with van der Waals surface area (Å²) in [7, 11) is 0. The fourth-order valence-corrected chi connectivity index (χ4v) is 4.82. The first-order valence-corrected chi connectivity index (χ1v) is 12.8. The van der Waals surface area contributed by atoms with E-state index in [2.05, 4.69) is 32.3 Å². The average molecular weight is 490 g/mol. The van der Waals surface area contributed by atoms with Crippen molar-refractivity contribution in [2.45, 2.75) is 38.8 Å². The van der Waals surface area contributed by atoms with Gasteiger partial charge in [-0.15, -0.1) is 0 Å². The minimum atomic E-state index is -0.458. The summed E-state index contributed by atoms with van der Waals surface area (Å²) in [5.74, 6) is 1.92. The van der Waals surface area contributed by atoms with Crippen molar-refractivity contribution >= 4 is 28.3 Å². The summed E-state index contributed by atoms with van der Waals surface area (Å²) in [5, 5.41) is 5.64. The van der Waals surface area contributed by atoms with Gasteiger partial charge in [-0.25, -0.2) is 9.97 Å². The van der Waals surface area contributed by atoms with Crippen LogP contribution in [0, 0.1) is 5.92 Å². The van der Waals surface area contributed by atoms with Gasteiger partial charge in [0.2, 0.25) is 5.91 Å². The van der Waals surface area contributed by atoms with Gasteiger partial charge in [0.25, 0.3) is 0 Å². The van der Waals surface area contributed by atoms with E-state index in [0.717, 1.165) is 59.7 Å². The zero-order valence-corrected chi connectivity index (χ0v) is 21.1. The molecule has 0 aliphatic carbocycles. The molecule has 2 aliphatic heterocycles. The Morgan fingerprint density at radius 1 is 1.11 bits per heavy atom. The smallest absolute Gasteiger partial charge is 0.239 e. The summed E-state index contributed by atoms with van der Waals surface area (Å²) < 4.78 is 5.47. The molecule has 0 radical (unpaired) electrons. The third-order valence-corrected chi connectivity index (χ3v) is 7.13. The summed E-state index contributed by atoms with van der Waals surface area (Å²) in [6.07, 6.45) is 7.47. The molecule has 36 heavy (non-hydrogen) atoms. The highest BCUT2D eigenvalue weighted by atomic mass is 16.5. The number of piperazine rings is 1. The fourth-order valence-electron chi connectivity index (χ4n) is 4.82. The molecule has 0 spiro atoms. The van der Waals surface area contributed by atoms with Crippen LogP contribution < -0.4 is 16.0 Å². The third kappa shape index (κ3) is 5.27. The second kappa shape index (κ2) is 10.8. The maximum atomic E-state index is 12.7. The Labute approximate surface area is 212 Å². The molecular formula is C27H35N7O2. The van der Waals surface area contributed by atoms with Crippen LogP contribution in [0.1, 0.15) is 26.7 Å². The van der Waals surface area contributed by atoms with E-state index >= 15 is 0 Å². The number of nitrogens with two attached hydrogens (primary N) is 1. The monoisotopic (exact) mass is 489 g/mol. The van der Waals surface area contributed by atoms with Gasteiger partial charge in [0.1, 0.15) is 11.6 Å². The molecule has 2 fully saturated rings. The molecular weight excluding hydrogens is 454 g/mol. The van der Waals surface area contributed by atoms with Crippen molar-refractivity contribution in [3.8, 4) is 11.3 Å². The Balaban J connectivity index is 1.39. The minimum absolute atomic E-state index is 0.0294. The molecule has 0 aromatic carbocycles. The maximum Gasteiger partial charge on any atom is 0.239 e. The highest BCUT2D eigenvalue weighted by Gasteiger charge is 2.28. The van der Waals surface area contributed by atoms with Crippen LogP contribution in [-0.2, 0) is 9.53 Å². The van der Waals surface area contributed by atoms with Crippen molar-refractivity contribution in [3.63, 3.8) is 0 Å². The lowest BCUT2D eigenvalue weighted by molar-refractivity contribution is -0.133. The number of hydrogen-bond donors (Lipinski definition) is 2. The highest BCUT2D eigenvalue weighted by molar-refractivity contribution is 5.94.